The number of aromatic nitrogens is 3. The Balaban J connectivity index is 1.41. The average Bonchev–Trinajstić information content (AvgIpc) is 3.49. The average molecular weight is 510 g/mol. The van der Waals surface area contributed by atoms with Gasteiger partial charge >= 0.3 is 0 Å². The van der Waals surface area contributed by atoms with Crippen LogP contribution in [0.15, 0.2) is 18.5 Å². The molecule has 0 saturated heterocycles. The van der Waals surface area contributed by atoms with E-state index in [0.29, 0.717) is 58.2 Å². The number of aromatic amines is 1. The minimum absolute atomic E-state index is 0.00991. The van der Waals surface area contributed by atoms with Crippen LogP contribution in [-0.2, 0) is 9.53 Å². The molecule has 2 aromatic heterocycles. The molecule has 9 nitrogen and oxygen atoms in total. The zero-order valence-corrected chi connectivity index (χ0v) is 21.3. The maximum Gasteiger partial charge on any atom is 0.255 e. The van der Waals surface area contributed by atoms with Gasteiger partial charge in [0.15, 0.2) is 0 Å². The Morgan fingerprint density at radius 3 is 2.59 bits per heavy atom. The number of hydrogen-bond donors (Lipinski definition) is 3. The maximum atomic E-state index is 15.5. The van der Waals surface area contributed by atoms with Crippen LogP contribution in [0.1, 0.15) is 53.7 Å². The summed E-state index contributed by atoms with van der Waals surface area (Å²) in [7, 11) is 1.48. The molecule has 0 unspecified atom stereocenters. The molecule has 2 atom stereocenters. The first-order chi connectivity index (χ1) is 17.9. The number of nitrogens with zero attached hydrogens (tertiary/aromatic N) is 2. The van der Waals surface area contributed by atoms with Crippen molar-refractivity contribution in [3.63, 3.8) is 0 Å². The number of fused-ring (bicyclic) bond motifs is 1. The third-order valence-electron chi connectivity index (χ3n) is 7.11. The van der Waals surface area contributed by atoms with Crippen LogP contribution in [0.4, 0.5) is 4.39 Å². The van der Waals surface area contributed by atoms with Crippen molar-refractivity contribution in [1.29, 1.82) is 0 Å². The van der Waals surface area contributed by atoms with Gasteiger partial charge in [-0.3, -0.25) is 9.59 Å². The van der Waals surface area contributed by atoms with Gasteiger partial charge in [-0.25, -0.2) is 14.4 Å². The van der Waals surface area contributed by atoms with Gasteiger partial charge in [-0.05, 0) is 63.5 Å². The van der Waals surface area contributed by atoms with E-state index in [4.69, 9.17) is 9.47 Å². The van der Waals surface area contributed by atoms with Crippen molar-refractivity contribution >= 4 is 22.8 Å². The number of rotatable bonds is 9. The molecule has 3 aromatic rings. The van der Waals surface area contributed by atoms with Crippen LogP contribution in [0, 0.1) is 25.6 Å². The lowest BCUT2D eigenvalue weighted by Crippen LogP contribution is -2.38. The third kappa shape index (κ3) is 5.29. The molecule has 1 aromatic carbocycles. The Hall–Kier alpha value is -3.53. The second-order valence-corrected chi connectivity index (χ2v) is 10.1. The summed E-state index contributed by atoms with van der Waals surface area (Å²) in [5.41, 5.74) is 3.05. The SMILES string of the molecule is COCC(=O)N[C@@H]1CC[C@H](NC(=O)c2c(C)[nH]c3c(-c4c(OCC5CC5)ccc(C)c4F)ncnc23)C1. The highest BCUT2D eigenvalue weighted by Gasteiger charge is 2.30. The van der Waals surface area contributed by atoms with Crippen LogP contribution < -0.4 is 15.4 Å². The maximum absolute atomic E-state index is 15.5. The van der Waals surface area contributed by atoms with Crippen molar-refractivity contribution in [3.05, 3.63) is 41.1 Å². The molecular weight excluding hydrogens is 477 g/mol. The Morgan fingerprint density at radius 2 is 1.86 bits per heavy atom. The van der Waals surface area contributed by atoms with Gasteiger partial charge in [0.05, 0.1) is 23.3 Å². The monoisotopic (exact) mass is 509 g/mol. The molecule has 0 radical (unpaired) electrons. The molecule has 2 aliphatic carbocycles. The summed E-state index contributed by atoms with van der Waals surface area (Å²) in [5.74, 6) is 0.103. The predicted octanol–water partition coefficient (Wildman–Crippen LogP) is 3.58. The third-order valence-corrected chi connectivity index (χ3v) is 7.11. The lowest BCUT2D eigenvalue weighted by molar-refractivity contribution is -0.125. The number of amides is 2. The van der Waals surface area contributed by atoms with Crippen molar-refractivity contribution in [1.82, 2.24) is 25.6 Å². The molecule has 3 N–H and O–H groups in total. The topological polar surface area (TPSA) is 118 Å². The van der Waals surface area contributed by atoms with Gasteiger partial charge in [0, 0.05) is 24.9 Å². The lowest BCUT2D eigenvalue weighted by Gasteiger charge is -2.15. The van der Waals surface area contributed by atoms with Gasteiger partial charge < -0.3 is 25.1 Å². The molecule has 10 heteroatoms. The van der Waals surface area contributed by atoms with Crippen LogP contribution in [-0.4, -0.2) is 59.2 Å². The molecule has 0 bridgehead atoms. The molecule has 2 fully saturated rings. The van der Waals surface area contributed by atoms with Gasteiger partial charge in [0.25, 0.3) is 5.91 Å². The minimum Gasteiger partial charge on any atom is -0.492 e. The first kappa shape index (κ1) is 25.1. The minimum atomic E-state index is -0.404. The lowest BCUT2D eigenvalue weighted by atomic mass is 10.0. The molecule has 5 rings (SSSR count). The van der Waals surface area contributed by atoms with Crippen molar-refractivity contribution in [2.45, 2.75) is 58.0 Å². The molecular formula is C27H32FN5O4. The van der Waals surface area contributed by atoms with Crippen molar-refractivity contribution in [2.75, 3.05) is 20.3 Å². The van der Waals surface area contributed by atoms with Crippen LogP contribution in [0.3, 0.4) is 0 Å². The Bertz CT molecular complexity index is 1340. The summed E-state index contributed by atoms with van der Waals surface area (Å²) in [4.78, 5) is 37.2. The standard InChI is InChI=1S/C27H32FN5O4/c1-14-4-9-19(37-11-16-5-6-16)22(23(14)28)25-26-24(29-13-30-25)21(15(2)31-26)27(35)33-18-8-7-17(10-18)32-20(34)12-36-3/h4,9,13,16-18,31H,5-8,10-12H2,1-3H3,(H,32,34)(H,33,35)/t17-,18+/m1/s1. The Labute approximate surface area is 214 Å². The number of methoxy groups -OCH3 is 1. The van der Waals surface area contributed by atoms with Gasteiger partial charge in [-0.1, -0.05) is 6.07 Å². The van der Waals surface area contributed by atoms with E-state index in [-0.39, 0.29) is 36.1 Å². The number of H-pyrrole nitrogens is 1. The van der Waals surface area contributed by atoms with E-state index >= 15 is 4.39 Å². The fraction of sp³-hybridized carbons (Fsp3) is 0.481. The van der Waals surface area contributed by atoms with E-state index in [1.54, 1.807) is 26.0 Å². The van der Waals surface area contributed by atoms with E-state index in [1.165, 1.54) is 13.4 Å². The Kier molecular flexibility index (Phi) is 7.10. The molecule has 0 spiro atoms. The van der Waals surface area contributed by atoms with Gasteiger partial charge in [-0.15, -0.1) is 0 Å². The second-order valence-electron chi connectivity index (χ2n) is 10.1. The summed E-state index contributed by atoms with van der Waals surface area (Å²) in [6.45, 7) is 4.04. The van der Waals surface area contributed by atoms with Crippen LogP contribution in [0.2, 0.25) is 0 Å². The number of carbonyl (C=O) groups is 2. The molecule has 2 heterocycles. The normalized spacial score (nSPS) is 19.2. The molecule has 2 saturated carbocycles. The first-order valence-corrected chi connectivity index (χ1v) is 12.7. The van der Waals surface area contributed by atoms with E-state index in [2.05, 4.69) is 25.6 Å². The van der Waals surface area contributed by atoms with Crippen LogP contribution in [0.25, 0.3) is 22.3 Å². The van der Waals surface area contributed by atoms with E-state index in [1.807, 2.05) is 0 Å². The number of aryl methyl sites for hydroxylation is 2. The summed E-state index contributed by atoms with van der Waals surface area (Å²) in [5, 5.41) is 6.01. The number of hydrogen-bond acceptors (Lipinski definition) is 6. The zero-order chi connectivity index (χ0) is 26.1. The zero-order valence-electron chi connectivity index (χ0n) is 21.3. The van der Waals surface area contributed by atoms with Crippen LogP contribution >= 0.6 is 0 Å². The summed E-state index contributed by atoms with van der Waals surface area (Å²) < 4.78 is 26.3. The van der Waals surface area contributed by atoms with Gasteiger partial charge in [0.1, 0.15) is 35.7 Å². The second kappa shape index (κ2) is 10.5. The predicted molar refractivity (Wildman–Crippen MR) is 136 cm³/mol. The van der Waals surface area contributed by atoms with Crippen molar-refractivity contribution in [3.8, 4) is 17.0 Å². The van der Waals surface area contributed by atoms with E-state index in [9.17, 15) is 9.59 Å². The number of benzene rings is 1. The molecule has 2 aliphatic rings. The summed E-state index contributed by atoms with van der Waals surface area (Å²) >= 11 is 0. The number of halogens is 1. The highest BCUT2D eigenvalue weighted by atomic mass is 19.1. The fourth-order valence-electron chi connectivity index (χ4n) is 4.99. The molecule has 2 amide bonds. The smallest absolute Gasteiger partial charge is 0.255 e. The summed E-state index contributed by atoms with van der Waals surface area (Å²) in [6.07, 6.45) is 5.76. The van der Waals surface area contributed by atoms with Crippen molar-refractivity contribution in [2.24, 2.45) is 5.92 Å². The molecule has 37 heavy (non-hydrogen) atoms. The molecule has 0 aliphatic heterocycles. The molecule has 196 valence electrons. The number of nitrogens with one attached hydrogen (secondary N) is 3. The Morgan fingerprint density at radius 1 is 1.11 bits per heavy atom. The highest BCUT2D eigenvalue weighted by Crippen LogP contribution is 2.39. The largest absolute Gasteiger partial charge is 0.492 e. The van der Waals surface area contributed by atoms with Crippen molar-refractivity contribution < 1.29 is 23.5 Å². The fourth-order valence-corrected chi connectivity index (χ4v) is 4.99. The van der Waals surface area contributed by atoms with E-state index in [0.717, 1.165) is 25.7 Å². The highest BCUT2D eigenvalue weighted by molar-refractivity contribution is 6.09. The first-order valence-electron chi connectivity index (χ1n) is 12.7. The van der Waals surface area contributed by atoms with E-state index < -0.39 is 5.82 Å². The number of ether oxygens (including phenoxy) is 2. The number of carbonyl (C=O) groups excluding carboxylic acids is 2. The van der Waals surface area contributed by atoms with Gasteiger partial charge in [0.2, 0.25) is 5.91 Å². The summed E-state index contributed by atoms with van der Waals surface area (Å²) in [6, 6.07) is 3.38. The van der Waals surface area contributed by atoms with Gasteiger partial charge in [-0.2, -0.15) is 0 Å². The van der Waals surface area contributed by atoms with Crippen LogP contribution in [0.5, 0.6) is 5.75 Å². The quantitative estimate of drug-likeness (QED) is 0.406.